The second kappa shape index (κ2) is 6.08. The van der Waals surface area contributed by atoms with Crippen molar-refractivity contribution in [1.29, 1.82) is 0 Å². The molecule has 84 valence electrons. The average Bonchev–Trinajstić information content (AvgIpc) is 2.13. The third-order valence-corrected chi connectivity index (χ3v) is 2.36. The maximum Gasteiger partial charge on any atom is 0.128 e. The van der Waals surface area contributed by atoms with E-state index in [0.29, 0.717) is 16.8 Å². The van der Waals surface area contributed by atoms with Crippen molar-refractivity contribution in [3.63, 3.8) is 0 Å². The van der Waals surface area contributed by atoms with Gasteiger partial charge in [0.05, 0.1) is 6.10 Å². The maximum absolute atomic E-state index is 13.0. The Balaban J connectivity index is 2.56. The summed E-state index contributed by atoms with van der Waals surface area (Å²) in [5, 5.41) is 0. The van der Waals surface area contributed by atoms with E-state index >= 15 is 0 Å². The Morgan fingerprint density at radius 2 is 2.13 bits per heavy atom. The van der Waals surface area contributed by atoms with E-state index in [-0.39, 0.29) is 11.9 Å². The summed E-state index contributed by atoms with van der Waals surface area (Å²) < 4.78 is 24.1. The maximum atomic E-state index is 13.0. The van der Waals surface area contributed by atoms with Crippen molar-refractivity contribution in [2.75, 3.05) is 13.7 Å². The lowest BCUT2D eigenvalue weighted by Gasteiger charge is -2.14. The van der Waals surface area contributed by atoms with Gasteiger partial charge >= 0.3 is 0 Å². The highest BCUT2D eigenvalue weighted by Gasteiger charge is 2.05. The Hall–Kier alpha value is -0.610. The van der Waals surface area contributed by atoms with Crippen LogP contribution in [-0.4, -0.2) is 19.8 Å². The Bertz CT molecular complexity index is 297. The molecule has 0 amide bonds. The van der Waals surface area contributed by atoms with Crippen LogP contribution in [0.15, 0.2) is 22.7 Å². The lowest BCUT2D eigenvalue weighted by Crippen LogP contribution is -2.14. The average molecular weight is 277 g/mol. The molecule has 15 heavy (non-hydrogen) atoms. The van der Waals surface area contributed by atoms with Crippen LogP contribution in [-0.2, 0) is 4.74 Å². The Morgan fingerprint density at radius 3 is 2.73 bits per heavy atom. The zero-order valence-corrected chi connectivity index (χ0v) is 10.4. The minimum Gasteiger partial charge on any atom is -0.490 e. The largest absolute Gasteiger partial charge is 0.490 e. The zero-order valence-electron chi connectivity index (χ0n) is 8.80. The highest BCUT2D eigenvalue weighted by atomic mass is 79.9. The van der Waals surface area contributed by atoms with Crippen molar-refractivity contribution in [3.8, 4) is 5.75 Å². The lowest BCUT2D eigenvalue weighted by atomic mass is 10.3. The van der Waals surface area contributed by atoms with Crippen LogP contribution in [0.4, 0.5) is 4.39 Å². The molecule has 1 rings (SSSR count). The molecule has 0 spiro atoms. The number of ether oxygens (including phenoxy) is 2. The second-order valence-corrected chi connectivity index (χ2v) is 4.23. The fourth-order valence-electron chi connectivity index (χ4n) is 1.17. The summed E-state index contributed by atoms with van der Waals surface area (Å²) in [7, 11) is 1.64. The van der Waals surface area contributed by atoms with Crippen molar-refractivity contribution >= 4 is 15.9 Å². The second-order valence-electron chi connectivity index (χ2n) is 3.32. The summed E-state index contributed by atoms with van der Waals surface area (Å²) in [6, 6.07) is 4.51. The van der Waals surface area contributed by atoms with Crippen LogP contribution >= 0.6 is 15.9 Å². The predicted molar refractivity (Wildman–Crippen MR) is 60.7 cm³/mol. The number of hydrogen-bond acceptors (Lipinski definition) is 2. The molecule has 0 saturated heterocycles. The van der Waals surface area contributed by atoms with E-state index in [9.17, 15) is 4.39 Å². The first-order valence-corrected chi connectivity index (χ1v) is 5.53. The smallest absolute Gasteiger partial charge is 0.128 e. The molecule has 0 radical (unpaired) electrons. The zero-order chi connectivity index (χ0) is 11.3. The summed E-state index contributed by atoms with van der Waals surface area (Å²) in [5.74, 6) is 0.226. The van der Waals surface area contributed by atoms with Crippen molar-refractivity contribution < 1.29 is 13.9 Å². The lowest BCUT2D eigenvalue weighted by molar-refractivity contribution is 0.135. The van der Waals surface area contributed by atoms with Gasteiger partial charge in [0.2, 0.25) is 0 Å². The molecule has 0 heterocycles. The first-order chi connectivity index (χ1) is 7.11. The SMILES string of the molecule is COCCC(C)Oc1cc(F)cc(Br)c1. The number of benzene rings is 1. The van der Waals surface area contributed by atoms with Gasteiger partial charge in [-0.1, -0.05) is 15.9 Å². The van der Waals surface area contributed by atoms with Crippen LogP contribution < -0.4 is 4.74 Å². The van der Waals surface area contributed by atoms with Crippen LogP contribution in [0.3, 0.4) is 0 Å². The van der Waals surface area contributed by atoms with E-state index in [1.165, 1.54) is 12.1 Å². The highest BCUT2D eigenvalue weighted by Crippen LogP contribution is 2.21. The highest BCUT2D eigenvalue weighted by molar-refractivity contribution is 9.10. The van der Waals surface area contributed by atoms with Crippen molar-refractivity contribution in [1.82, 2.24) is 0 Å². The van der Waals surface area contributed by atoms with E-state index in [1.54, 1.807) is 13.2 Å². The molecule has 0 aromatic heterocycles. The summed E-state index contributed by atoms with van der Waals surface area (Å²) in [6.45, 7) is 2.56. The topological polar surface area (TPSA) is 18.5 Å². The van der Waals surface area contributed by atoms with Gasteiger partial charge < -0.3 is 9.47 Å². The van der Waals surface area contributed by atoms with Crippen LogP contribution in [0.1, 0.15) is 13.3 Å². The summed E-state index contributed by atoms with van der Waals surface area (Å²) in [4.78, 5) is 0. The molecule has 0 fully saturated rings. The van der Waals surface area contributed by atoms with Crippen LogP contribution in [0, 0.1) is 5.82 Å². The van der Waals surface area contributed by atoms with Gasteiger partial charge in [0.1, 0.15) is 11.6 Å². The Kier molecular flexibility index (Phi) is 5.05. The predicted octanol–water partition coefficient (Wildman–Crippen LogP) is 3.39. The fraction of sp³-hybridized carbons (Fsp3) is 0.455. The van der Waals surface area contributed by atoms with Crippen LogP contribution in [0.25, 0.3) is 0 Å². The summed E-state index contributed by atoms with van der Waals surface area (Å²) >= 11 is 3.21. The molecule has 0 N–H and O–H groups in total. The van der Waals surface area contributed by atoms with Crippen LogP contribution in [0.5, 0.6) is 5.75 Å². The molecule has 1 unspecified atom stereocenters. The quantitative estimate of drug-likeness (QED) is 0.821. The van der Waals surface area contributed by atoms with Crippen molar-refractivity contribution in [3.05, 3.63) is 28.5 Å². The number of hydrogen-bond donors (Lipinski definition) is 0. The molecular weight excluding hydrogens is 263 g/mol. The Labute approximate surface area is 97.5 Å². The first-order valence-electron chi connectivity index (χ1n) is 4.73. The third kappa shape index (κ3) is 4.62. The summed E-state index contributed by atoms with van der Waals surface area (Å²) in [5.41, 5.74) is 0. The molecule has 1 aromatic carbocycles. The number of rotatable bonds is 5. The standard InChI is InChI=1S/C11H14BrFO2/c1-8(3-4-14-2)15-11-6-9(12)5-10(13)7-11/h5-8H,3-4H2,1-2H3. The molecule has 0 bridgehead atoms. The molecule has 1 atom stereocenters. The first kappa shape index (κ1) is 12.5. The summed E-state index contributed by atoms with van der Waals surface area (Å²) in [6.07, 6.45) is 0.795. The van der Waals surface area contributed by atoms with Crippen molar-refractivity contribution in [2.24, 2.45) is 0 Å². The van der Waals surface area contributed by atoms with Gasteiger partial charge in [-0.3, -0.25) is 0 Å². The molecular formula is C11H14BrFO2. The van der Waals surface area contributed by atoms with Gasteiger partial charge in [0.15, 0.2) is 0 Å². The van der Waals surface area contributed by atoms with E-state index in [1.807, 2.05) is 6.92 Å². The van der Waals surface area contributed by atoms with Gasteiger partial charge in [0.25, 0.3) is 0 Å². The molecule has 1 aromatic rings. The van der Waals surface area contributed by atoms with Crippen molar-refractivity contribution in [2.45, 2.75) is 19.4 Å². The van der Waals surface area contributed by atoms with Gasteiger partial charge in [-0.25, -0.2) is 4.39 Å². The van der Waals surface area contributed by atoms with Gasteiger partial charge in [-0.05, 0) is 19.1 Å². The van der Waals surface area contributed by atoms with E-state index in [0.717, 1.165) is 6.42 Å². The fourth-order valence-corrected chi connectivity index (χ4v) is 1.62. The van der Waals surface area contributed by atoms with E-state index in [2.05, 4.69) is 15.9 Å². The number of halogens is 2. The molecule has 4 heteroatoms. The molecule has 0 saturated carbocycles. The molecule has 0 aliphatic rings. The van der Waals surface area contributed by atoms with Gasteiger partial charge in [-0.15, -0.1) is 0 Å². The van der Waals surface area contributed by atoms with Gasteiger partial charge in [-0.2, -0.15) is 0 Å². The van der Waals surface area contributed by atoms with E-state index < -0.39 is 0 Å². The Morgan fingerprint density at radius 1 is 1.40 bits per heavy atom. The minimum atomic E-state index is -0.307. The third-order valence-electron chi connectivity index (χ3n) is 1.90. The normalized spacial score (nSPS) is 12.5. The number of methoxy groups -OCH3 is 1. The molecule has 0 aliphatic carbocycles. The monoisotopic (exact) mass is 276 g/mol. The van der Waals surface area contributed by atoms with Crippen LogP contribution in [0.2, 0.25) is 0 Å². The van der Waals surface area contributed by atoms with Gasteiger partial charge in [0, 0.05) is 30.7 Å². The molecule has 0 aliphatic heterocycles. The van der Waals surface area contributed by atoms with E-state index in [4.69, 9.17) is 9.47 Å². The minimum absolute atomic E-state index is 0.0126. The molecule has 2 nitrogen and oxygen atoms in total.